The third-order valence-corrected chi connectivity index (χ3v) is 4.61. The minimum atomic E-state index is -0.507. The molecule has 25 heavy (non-hydrogen) atoms. The summed E-state index contributed by atoms with van der Waals surface area (Å²) in [7, 11) is 0. The highest BCUT2D eigenvalue weighted by Gasteiger charge is 2.22. The average molecular weight is 384 g/mol. The van der Waals surface area contributed by atoms with Gasteiger partial charge in [-0.25, -0.2) is 0 Å². The molecule has 1 aromatic heterocycles. The fourth-order valence-electron chi connectivity index (χ4n) is 2.68. The second-order valence-electron chi connectivity index (χ2n) is 5.71. The normalized spacial score (nSPS) is 15.0. The van der Waals surface area contributed by atoms with Crippen LogP contribution in [0.15, 0.2) is 24.4 Å². The van der Waals surface area contributed by atoms with Crippen LogP contribution in [0, 0.1) is 0 Å². The van der Waals surface area contributed by atoms with Crippen molar-refractivity contribution >= 4 is 40.7 Å². The number of H-pyrrole nitrogens is 1. The minimum absolute atomic E-state index is 0. The van der Waals surface area contributed by atoms with Gasteiger partial charge in [-0.15, -0.1) is 0 Å². The lowest BCUT2D eigenvalue weighted by Gasteiger charge is -2.23. The first kappa shape index (κ1) is 17.7. The number of hydrogen-bond acceptors (Lipinski definition) is 4. The number of carbonyl (C=O) groups excluding carboxylic acids is 2. The van der Waals surface area contributed by atoms with Crippen LogP contribution in [0.4, 0.5) is 5.69 Å². The van der Waals surface area contributed by atoms with Crippen molar-refractivity contribution in [1.82, 2.24) is 20.8 Å². The SMILES string of the molecule is O=C(NC1CCNCC1)c1[nH]ncc1NC(=O)c1c(Cl)cccc1Cl.[HH]. The lowest BCUT2D eigenvalue weighted by Crippen LogP contribution is -2.43. The Hall–Kier alpha value is -2.09. The van der Waals surface area contributed by atoms with Gasteiger partial charge in [0.05, 0.1) is 27.5 Å². The number of piperidine rings is 1. The summed E-state index contributed by atoms with van der Waals surface area (Å²) in [4.78, 5) is 24.9. The molecule has 0 radical (unpaired) electrons. The Labute approximate surface area is 155 Å². The van der Waals surface area contributed by atoms with Gasteiger partial charge in [0.25, 0.3) is 11.8 Å². The van der Waals surface area contributed by atoms with Gasteiger partial charge in [0, 0.05) is 7.47 Å². The summed E-state index contributed by atoms with van der Waals surface area (Å²) >= 11 is 12.1. The van der Waals surface area contributed by atoms with Gasteiger partial charge in [0.2, 0.25) is 0 Å². The van der Waals surface area contributed by atoms with E-state index in [0.717, 1.165) is 25.9 Å². The predicted molar refractivity (Wildman–Crippen MR) is 98.5 cm³/mol. The molecule has 0 saturated carbocycles. The Balaban J connectivity index is 0.00000243. The molecule has 4 N–H and O–H groups in total. The molecule has 0 atom stereocenters. The monoisotopic (exact) mass is 383 g/mol. The van der Waals surface area contributed by atoms with Crippen molar-refractivity contribution in [3.63, 3.8) is 0 Å². The van der Waals surface area contributed by atoms with E-state index in [1.165, 1.54) is 6.20 Å². The van der Waals surface area contributed by atoms with Crippen LogP contribution < -0.4 is 16.0 Å². The van der Waals surface area contributed by atoms with Crippen LogP contribution in [-0.2, 0) is 0 Å². The highest BCUT2D eigenvalue weighted by Crippen LogP contribution is 2.25. The maximum atomic E-state index is 12.5. The largest absolute Gasteiger partial charge is 0.348 e. The first-order chi connectivity index (χ1) is 12.1. The number of hydrogen-bond donors (Lipinski definition) is 4. The van der Waals surface area contributed by atoms with Crippen LogP contribution in [-0.4, -0.2) is 41.1 Å². The van der Waals surface area contributed by atoms with E-state index in [0.29, 0.717) is 0 Å². The third kappa shape index (κ3) is 4.12. The molecule has 0 unspecified atom stereocenters. The quantitative estimate of drug-likeness (QED) is 0.651. The second-order valence-corrected chi connectivity index (χ2v) is 6.52. The fraction of sp³-hybridized carbons (Fsp3) is 0.312. The molecule has 0 bridgehead atoms. The predicted octanol–water partition coefficient (Wildman–Crippen LogP) is 2.70. The Morgan fingerprint density at radius 2 is 1.84 bits per heavy atom. The summed E-state index contributed by atoms with van der Waals surface area (Å²) in [5.74, 6) is -0.821. The van der Waals surface area contributed by atoms with Crippen LogP contribution >= 0.6 is 23.2 Å². The molecule has 1 saturated heterocycles. The highest BCUT2D eigenvalue weighted by atomic mass is 35.5. The number of anilines is 1. The van der Waals surface area contributed by atoms with E-state index in [1.807, 2.05) is 0 Å². The van der Waals surface area contributed by atoms with Gasteiger partial charge in [-0.05, 0) is 38.1 Å². The maximum Gasteiger partial charge on any atom is 0.271 e. The van der Waals surface area contributed by atoms with Crippen LogP contribution in [0.5, 0.6) is 0 Å². The molecule has 3 rings (SSSR count). The van der Waals surface area contributed by atoms with Crippen molar-refractivity contribution in [2.24, 2.45) is 0 Å². The zero-order valence-corrected chi connectivity index (χ0v) is 14.7. The number of halogens is 2. The van der Waals surface area contributed by atoms with E-state index in [2.05, 4.69) is 26.1 Å². The minimum Gasteiger partial charge on any atom is -0.348 e. The third-order valence-electron chi connectivity index (χ3n) is 3.98. The summed E-state index contributed by atoms with van der Waals surface area (Å²) in [6.07, 6.45) is 3.09. The Morgan fingerprint density at radius 1 is 1.16 bits per heavy atom. The van der Waals surface area contributed by atoms with Crippen LogP contribution in [0.3, 0.4) is 0 Å². The maximum absolute atomic E-state index is 12.5. The number of carbonyl (C=O) groups is 2. The number of benzene rings is 1. The first-order valence-electron chi connectivity index (χ1n) is 7.86. The van der Waals surface area contributed by atoms with E-state index in [4.69, 9.17) is 23.2 Å². The lowest BCUT2D eigenvalue weighted by atomic mass is 10.1. The van der Waals surface area contributed by atoms with Crippen molar-refractivity contribution < 1.29 is 11.0 Å². The fourth-order valence-corrected chi connectivity index (χ4v) is 3.25. The summed E-state index contributed by atoms with van der Waals surface area (Å²) in [6, 6.07) is 4.89. The molecular weight excluding hydrogens is 365 g/mol. The topological polar surface area (TPSA) is 98.9 Å². The zero-order valence-electron chi connectivity index (χ0n) is 13.2. The number of nitrogens with one attached hydrogen (secondary N) is 4. The van der Waals surface area contributed by atoms with E-state index in [9.17, 15) is 9.59 Å². The molecular formula is C16H19Cl2N5O2. The van der Waals surface area contributed by atoms with Gasteiger partial charge in [-0.2, -0.15) is 5.10 Å². The molecule has 1 aliphatic heterocycles. The van der Waals surface area contributed by atoms with Crippen molar-refractivity contribution in [3.8, 4) is 0 Å². The van der Waals surface area contributed by atoms with Crippen LogP contribution in [0.25, 0.3) is 0 Å². The van der Waals surface area contributed by atoms with E-state index in [-0.39, 0.29) is 40.4 Å². The molecule has 7 nitrogen and oxygen atoms in total. The summed E-state index contributed by atoms with van der Waals surface area (Å²) in [5, 5.41) is 15.7. The molecule has 2 aromatic rings. The van der Waals surface area contributed by atoms with Gasteiger partial charge in [-0.1, -0.05) is 29.3 Å². The molecule has 2 heterocycles. The van der Waals surface area contributed by atoms with Gasteiger partial charge in [-0.3, -0.25) is 14.7 Å². The summed E-state index contributed by atoms with van der Waals surface area (Å²) in [6.45, 7) is 1.73. The summed E-state index contributed by atoms with van der Waals surface area (Å²) in [5.41, 5.74) is 0.610. The smallest absolute Gasteiger partial charge is 0.271 e. The van der Waals surface area contributed by atoms with Gasteiger partial charge < -0.3 is 16.0 Å². The molecule has 0 spiro atoms. The number of amides is 2. The van der Waals surface area contributed by atoms with E-state index in [1.54, 1.807) is 18.2 Å². The molecule has 2 amide bonds. The Bertz CT molecular complexity index is 772. The molecule has 0 aliphatic carbocycles. The second kappa shape index (κ2) is 7.86. The van der Waals surface area contributed by atoms with Crippen LogP contribution in [0.1, 0.15) is 35.1 Å². The van der Waals surface area contributed by atoms with E-state index < -0.39 is 5.91 Å². The van der Waals surface area contributed by atoms with Gasteiger partial charge >= 0.3 is 0 Å². The number of rotatable bonds is 4. The van der Waals surface area contributed by atoms with E-state index >= 15 is 0 Å². The van der Waals surface area contributed by atoms with Crippen molar-refractivity contribution in [1.29, 1.82) is 0 Å². The molecule has 1 aliphatic rings. The van der Waals surface area contributed by atoms with Gasteiger partial charge in [0.15, 0.2) is 0 Å². The number of nitrogens with zero attached hydrogens (tertiary/aromatic N) is 1. The van der Waals surface area contributed by atoms with Gasteiger partial charge in [0.1, 0.15) is 5.69 Å². The highest BCUT2D eigenvalue weighted by molar-refractivity contribution is 6.40. The molecule has 134 valence electrons. The number of aromatic nitrogens is 2. The first-order valence-corrected chi connectivity index (χ1v) is 8.62. The molecule has 1 fully saturated rings. The zero-order chi connectivity index (χ0) is 17.8. The van der Waals surface area contributed by atoms with Crippen molar-refractivity contribution in [3.05, 3.63) is 45.7 Å². The number of aromatic amines is 1. The van der Waals surface area contributed by atoms with Crippen LogP contribution in [0.2, 0.25) is 10.0 Å². The Morgan fingerprint density at radius 3 is 2.52 bits per heavy atom. The standard InChI is InChI=1S/C16H17Cl2N5O2.H2/c17-10-2-1-3-11(18)13(10)15(24)22-12-8-20-23-14(12)16(25)21-9-4-6-19-7-5-9;/h1-3,8-9,19H,4-7H2,(H,20,23)(H,21,25)(H,22,24);1H. The Kier molecular flexibility index (Phi) is 5.57. The lowest BCUT2D eigenvalue weighted by molar-refractivity contribution is 0.0925. The molecule has 9 heteroatoms. The summed E-state index contributed by atoms with van der Waals surface area (Å²) < 4.78 is 0. The molecule has 1 aromatic carbocycles. The average Bonchev–Trinajstić information content (AvgIpc) is 3.04. The van der Waals surface area contributed by atoms with Crippen molar-refractivity contribution in [2.45, 2.75) is 18.9 Å². The van der Waals surface area contributed by atoms with Crippen molar-refractivity contribution in [2.75, 3.05) is 18.4 Å².